The average molecular weight is 526 g/mol. The first kappa shape index (κ1) is 23.0. The number of nitrogens with zero attached hydrogens (tertiary/aromatic N) is 5. The smallest absolute Gasteiger partial charge is 0.257 e. The lowest BCUT2D eigenvalue weighted by Gasteiger charge is -2.41. The number of carbonyl (C=O) groups excluding carboxylic acids is 1. The van der Waals surface area contributed by atoms with Crippen LogP contribution in [0.5, 0.6) is 11.5 Å². The zero-order chi connectivity index (χ0) is 26.1. The number of carbonyl (C=O) groups is 1. The average Bonchev–Trinajstić information content (AvgIpc) is 3.65. The molecular weight excluding hydrogens is 498 g/mol. The van der Waals surface area contributed by atoms with Crippen molar-refractivity contribution in [3.05, 3.63) is 81.7 Å². The number of ether oxygens (including phenoxy) is 2. The maximum atomic E-state index is 13.7. The van der Waals surface area contributed by atoms with Crippen LogP contribution in [0.2, 0.25) is 0 Å². The second-order valence-corrected chi connectivity index (χ2v) is 10.8. The normalized spacial score (nSPS) is 16.4. The number of rotatable bonds is 4. The van der Waals surface area contributed by atoms with Crippen LogP contribution in [0, 0.1) is 13.8 Å². The first-order valence-electron chi connectivity index (χ1n) is 12.6. The maximum absolute atomic E-state index is 13.7. The maximum Gasteiger partial charge on any atom is 0.257 e. The summed E-state index contributed by atoms with van der Waals surface area (Å²) in [4.78, 5) is 21.4. The fourth-order valence-electron chi connectivity index (χ4n) is 6.02. The van der Waals surface area contributed by atoms with Crippen LogP contribution >= 0.6 is 11.3 Å². The van der Waals surface area contributed by atoms with Crippen molar-refractivity contribution in [2.24, 2.45) is 0 Å². The van der Waals surface area contributed by atoms with E-state index in [1.165, 1.54) is 17.0 Å². The lowest BCUT2D eigenvalue weighted by atomic mass is 9.85. The van der Waals surface area contributed by atoms with E-state index in [9.17, 15) is 4.79 Å². The van der Waals surface area contributed by atoms with E-state index in [0.29, 0.717) is 30.0 Å². The number of benzene rings is 1. The van der Waals surface area contributed by atoms with Crippen LogP contribution in [-0.4, -0.2) is 50.7 Å². The molecular formula is C29H27N5O3S. The number of aromatic nitrogens is 4. The molecule has 1 atom stereocenters. The summed E-state index contributed by atoms with van der Waals surface area (Å²) in [5.41, 5.74) is 8.86. The van der Waals surface area contributed by atoms with Gasteiger partial charge in [0.1, 0.15) is 5.69 Å². The minimum atomic E-state index is -0.0979. The Labute approximate surface area is 224 Å². The van der Waals surface area contributed by atoms with Crippen LogP contribution in [-0.2, 0) is 12.8 Å². The Balaban J connectivity index is 1.35. The topological polar surface area (TPSA) is 73.9 Å². The fraction of sp³-hybridized carbons (Fsp3) is 0.276. The van der Waals surface area contributed by atoms with Crippen molar-refractivity contribution in [2.45, 2.75) is 32.7 Å². The Morgan fingerprint density at radius 3 is 2.55 bits per heavy atom. The molecule has 1 amide bonds. The number of fused-ring (bicyclic) bond motifs is 6. The monoisotopic (exact) mass is 525 g/mol. The fourth-order valence-corrected chi connectivity index (χ4v) is 6.85. The van der Waals surface area contributed by atoms with Crippen molar-refractivity contribution in [3.8, 4) is 27.8 Å². The highest BCUT2D eigenvalue weighted by Gasteiger charge is 2.39. The summed E-state index contributed by atoms with van der Waals surface area (Å²) in [5, 5.41) is 7.12. The first-order valence-corrected chi connectivity index (χ1v) is 13.5. The highest BCUT2D eigenvalue weighted by Crippen LogP contribution is 2.43. The van der Waals surface area contributed by atoms with Gasteiger partial charge in [0.2, 0.25) is 0 Å². The number of hydrogen-bond acceptors (Lipinski definition) is 6. The van der Waals surface area contributed by atoms with Crippen molar-refractivity contribution in [3.63, 3.8) is 0 Å². The highest BCUT2D eigenvalue weighted by atomic mass is 32.1. The summed E-state index contributed by atoms with van der Waals surface area (Å²) < 4.78 is 15.2. The molecule has 0 bridgehead atoms. The van der Waals surface area contributed by atoms with E-state index in [1.54, 1.807) is 31.8 Å². The molecule has 5 aromatic rings. The number of thiophene rings is 1. The summed E-state index contributed by atoms with van der Waals surface area (Å²) in [6.45, 7) is 4.88. The summed E-state index contributed by atoms with van der Waals surface area (Å²) in [7, 11) is 3.29. The van der Waals surface area contributed by atoms with Gasteiger partial charge >= 0.3 is 0 Å². The largest absolute Gasteiger partial charge is 0.493 e. The van der Waals surface area contributed by atoms with Gasteiger partial charge in [0.25, 0.3) is 5.91 Å². The Morgan fingerprint density at radius 2 is 1.79 bits per heavy atom. The van der Waals surface area contributed by atoms with Gasteiger partial charge in [-0.3, -0.25) is 4.79 Å². The zero-order valence-electron chi connectivity index (χ0n) is 21.7. The third-order valence-electron chi connectivity index (χ3n) is 7.85. The molecule has 0 spiro atoms. The van der Waals surface area contributed by atoms with Gasteiger partial charge in [-0.05, 0) is 67.1 Å². The van der Waals surface area contributed by atoms with Crippen molar-refractivity contribution in [1.29, 1.82) is 0 Å². The Hall–Kier alpha value is -4.11. The van der Waals surface area contributed by atoms with Crippen LogP contribution in [0.1, 0.15) is 44.6 Å². The molecule has 0 saturated heterocycles. The molecule has 0 fully saturated rings. The number of hydrogen-bond donors (Lipinski definition) is 0. The third-order valence-corrected chi connectivity index (χ3v) is 8.78. The van der Waals surface area contributed by atoms with Gasteiger partial charge in [-0.1, -0.05) is 0 Å². The molecule has 2 aliphatic rings. The van der Waals surface area contributed by atoms with Gasteiger partial charge in [-0.2, -0.15) is 5.10 Å². The standard InChI is InChI=1S/C29H27N5O3S/c1-16-5-6-17(2)33(16)22-8-10-38-28(22)21-13-27-30-15-20-24(34(27)31-21)14-23-19-12-26(37-4)25(36-3)11-18(19)7-9-32(23)29(20)35/h5-6,8,10-13,15,23H,7,9,14H2,1-4H3/t23-/m1/s1. The van der Waals surface area contributed by atoms with Crippen molar-refractivity contribution in [2.75, 3.05) is 20.8 Å². The van der Waals surface area contributed by atoms with Gasteiger partial charge in [0.15, 0.2) is 17.1 Å². The lowest BCUT2D eigenvalue weighted by molar-refractivity contribution is 0.0626. The Morgan fingerprint density at radius 1 is 1.03 bits per heavy atom. The molecule has 9 heteroatoms. The predicted octanol–water partition coefficient (Wildman–Crippen LogP) is 5.18. The molecule has 0 unspecified atom stereocenters. The molecule has 7 rings (SSSR count). The van der Waals surface area contributed by atoms with Crippen LogP contribution in [0.3, 0.4) is 0 Å². The molecule has 2 aliphatic heterocycles. The van der Waals surface area contributed by atoms with Crippen molar-refractivity contribution < 1.29 is 14.3 Å². The van der Waals surface area contributed by atoms with E-state index in [-0.39, 0.29) is 11.9 Å². The van der Waals surface area contributed by atoms with Gasteiger partial charge < -0.3 is 18.9 Å². The highest BCUT2D eigenvalue weighted by molar-refractivity contribution is 7.14. The first-order chi connectivity index (χ1) is 18.5. The molecule has 192 valence electrons. The predicted molar refractivity (Wildman–Crippen MR) is 146 cm³/mol. The minimum absolute atomic E-state index is 0.00135. The second-order valence-electron chi connectivity index (χ2n) is 9.88. The molecule has 38 heavy (non-hydrogen) atoms. The molecule has 8 nitrogen and oxygen atoms in total. The molecule has 0 radical (unpaired) electrons. The van der Waals surface area contributed by atoms with Gasteiger partial charge in [-0.25, -0.2) is 9.50 Å². The molecule has 1 aromatic carbocycles. The number of methoxy groups -OCH3 is 2. The molecule has 0 aliphatic carbocycles. The molecule has 0 N–H and O–H groups in total. The quantitative estimate of drug-likeness (QED) is 0.323. The number of amides is 1. The summed E-state index contributed by atoms with van der Waals surface area (Å²) >= 11 is 1.66. The van der Waals surface area contributed by atoms with Crippen LogP contribution in [0.15, 0.2) is 48.0 Å². The molecule has 4 aromatic heterocycles. The summed E-state index contributed by atoms with van der Waals surface area (Å²) in [5.74, 6) is 1.39. The van der Waals surface area contributed by atoms with Crippen LogP contribution in [0.25, 0.3) is 21.9 Å². The van der Waals surface area contributed by atoms with E-state index < -0.39 is 0 Å². The lowest BCUT2D eigenvalue weighted by Crippen LogP contribution is -2.45. The van der Waals surface area contributed by atoms with Crippen molar-refractivity contribution >= 4 is 22.9 Å². The van der Waals surface area contributed by atoms with Crippen molar-refractivity contribution in [1.82, 2.24) is 24.1 Å². The van der Waals surface area contributed by atoms with E-state index in [0.717, 1.165) is 39.6 Å². The summed E-state index contributed by atoms with van der Waals surface area (Å²) in [6, 6.07) is 12.4. The summed E-state index contributed by atoms with van der Waals surface area (Å²) in [6.07, 6.45) is 3.14. The van der Waals surface area contributed by atoms with Gasteiger partial charge in [0, 0.05) is 36.6 Å². The van der Waals surface area contributed by atoms with E-state index in [2.05, 4.69) is 47.0 Å². The Bertz CT molecular complexity index is 1730. The molecule has 0 saturated carbocycles. The van der Waals surface area contributed by atoms with Gasteiger partial charge in [-0.15, -0.1) is 11.3 Å². The van der Waals surface area contributed by atoms with E-state index in [4.69, 9.17) is 14.6 Å². The molecule has 6 heterocycles. The zero-order valence-corrected chi connectivity index (χ0v) is 22.5. The minimum Gasteiger partial charge on any atom is -0.493 e. The SMILES string of the molecule is COc1cc2c(cc1OC)[C@H]1Cc3c(cnc4cc(-c5sccc5-n5c(C)ccc5C)nn34)C(=O)N1CC2. The van der Waals surface area contributed by atoms with Crippen LogP contribution < -0.4 is 9.47 Å². The Kier molecular flexibility index (Phi) is 5.13. The third kappa shape index (κ3) is 3.24. The second kappa shape index (κ2) is 8.46. The van der Waals surface area contributed by atoms with Crippen LogP contribution in [0.4, 0.5) is 0 Å². The van der Waals surface area contributed by atoms with Gasteiger partial charge in [0.05, 0.1) is 42.1 Å². The van der Waals surface area contributed by atoms with E-state index in [1.807, 2.05) is 27.6 Å². The number of aryl methyl sites for hydroxylation is 2. The van der Waals surface area contributed by atoms with E-state index >= 15 is 0 Å².